The van der Waals surface area contributed by atoms with E-state index in [1.807, 2.05) is 6.92 Å². The van der Waals surface area contributed by atoms with Gasteiger partial charge < -0.3 is 15.2 Å². The van der Waals surface area contributed by atoms with Gasteiger partial charge in [-0.2, -0.15) is 18.2 Å². The fourth-order valence-corrected chi connectivity index (χ4v) is 2.03. The molecule has 2 N–H and O–H groups in total. The molecular weight excluding hydrogens is 469 g/mol. The van der Waals surface area contributed by atoms with Crippen LogP contribution in [0.5, 0.6) is 0 Å². The molecule has 0 radical (unpaired) electrons. The van der Waals surface area contributed by atoms with Crippen LogP contribution in [-0.2, 0) is 19.3 Å². The highest BCUT2D eigenvalue weighted by atomic mass is 127. The van der Waals surface area contributed by atoms with Crippen molar-refractivity contribution in [3.05, 3.63) is 46.9 Å². The van der Waals surface area contributed by atoms with Gasteiger partial charge in [-0.1, -0.05) is 11.2 Å². The molecule has 26 heavy (non-hydrogen) atoms. The molecule has 0 saturated carbocycles. The Labute approximate surface area is 164 Å². The van der Waals surface area contributed by atoms with E-state index in [2.05, 4.69) is 25.8 Å². The van der Waals surface area contributed by atoms with Gasteiger partial charge in [0.25, 0.3) is 0 Å². The van der Waals surface area contributed by atoms with Crippen molar-refractivity contribution in [1.29, 1.82) is 0 Å². The van der Waals surface area contributed by atoms with Gasteiger partial charge in [-0.15, -0.1) is 24.0 Å². The normalized spacial score (nSPS) is 11.8. The maximum atomic E-state index is 13.1. The Morgan fingerprint density at radius 3 is 2.58 bits per heavy atom. The Bertz CT molecular complexity index is 748. The molecule has 6 nitrogen and oxygen atoms in total. The van der Waals surface area contributed by atoms with Crippen LogP contribution in [0.3, 0.4) is 0 Å². The maximum absolute atomic E-state index is 13.1. The zero-order chi connectivity index (χ0) is 18.4. The first-order valence-electron chi connectivity index (χ1n) is 7.46. The molecule has 0 spiro atoms. The Kier molecular flexibility index (Phi) is 8.24. The number of alkyl halides is 3. The molecule has 0 aliphatic heterocycles. The van der Waals surface area contributed by atoms with Gasteiger partial charge in [-0.05, 0) is 24.6 Å². The lowest BCUT2D eigenvalue weighted by Gasteiger charge is -2.13. The van der Waals surface area contributed by atoms with Crippen molar-refractivity contribution in [2.45, 2.75) is 33.1 Å². The largest absolute Gasteiger partial charge is 0.416 e. The monoisotopic (exact) mass is 487 g/mol. The predicted molar refractivity (Wildman–Crippen MR) is 97.5 cm³/mol. The number of aliphatic imine (C=N–C) groups is 1. The van der Waals surface area contributed by atoms with E-state index in [-0.39, 0.29) is 48.6 Å². The van der Waals surface area contributed by atoms with Crippen LogP contribution < -0.4 is 10.6 Å². The molecule has 1 aromatic carbocycles. The van der Waals surface area contributed by atoms with Crippen molar-refractivity contribution in [3.63, 3.8) is 0 Å². The van der Waals surface area contributed by atoms with Gasteiger partial charge in [0.2, 0.25) is 5.89 Å². The lowest BCUT2D eigenvalue weighted by atomic mass is 10.1. The average molecular weight is 487 g/mol. The SMILES string of the molecule is CCNC(=NCc1ccc(F)cc1C(F)(F)F)NCc1noc(C)n1.I. The number of nitrogens with zero attached hydrogens (tertiary/aromatic N) is 3. The van der Waals surface area contributed by atoms with E-state index in [9.17, 15) is 17.6 Å². The van der Waals surface area contributed by atoms with Gasteiger partial charge >= 0.3 is 6.18 Å². The van der Waals surface area contributed by atoms with Crippen LogP contribution in [0, 0.1) is 12.7 Å². The van der Waals surface area contributed by atoms with E-state index in [4.69, 9.17) is 4.52 Å². The van der Waals surface area contributed by atoms with Crippen LogP contribution in [0.2, 0.25) is 0 Å². The fraction of sp³-hybridized carbons (Fsp3) is 0.400. The quantitative estimate of drug-likeness (QED) is 0.293. The summed E-state index contributed by atoms with van der Waals surface area (Å²) in [4.78, 5) is 8.10. The summed E-state index contributed by atoms with van der Waals surface area (Å²) in [6, 6.07) is 2.52. The van der Waals surface area contributed by atoms with Gasteiger partial charge in [-0.25, -0.2) is 9.38 Å². The molecule has 1 aromatic heterocycles. The van der Waals surface area contributed by atoms with Crippen molar-refractivity contribution >= 4 is 29.9 Å². The van der Waals surface area contributed by atoms with Gasteiger partial charge in [0, 0.05) is 13.5 Å². The Morgan fingerprint density at radius 1 is 1.27 bits per heavy atom. The molecule has 144 valence electrons. The number of aryl methyl sites for hydroxylation is 1. The summed E-state index contributed by atoms with van der Waals surface area (Å²) in [6.45, 7) is 3.89. The van der Waals surface area contributed by atoms with Crippen LogP contribution in [0.4, 0.5) is 17.6 Å². The molecule has 0 saturated heterocycles. The van der Waals surface area contributed by atoms with Crippen molar-refractivity contribution in [3.8, 4) is 0 Å². The van der Waals surface area contributed by atoms with E-state index in [0.717, 1.165) is 12.1 Å². The molecule has 0 aliphatic carbocycles. The minimum atomic E-state index is -4.65. The molecule has 1 heterocycles. The van der Waals surface area contributed by atoms with Crippen molar-refractivity contribution in [2.24, 2.45) is 4.99 Å². The summed E-state index contributed by atoms with van der Waals surface area (Å²) in [7, 11) is 0. The van der Waals surface area contributed by atoms with Gasteiger partial charge in [-0.3, -0.25) is 0 Å². The van der Waals surface area contributed by atoms with Crippen molar-refractivity contribution in [2.75, 3.05) is 6.54 Å². The summed E-state index contributed by atoms with van der Waals surface area (Å²) < 4.78 is 57.0. The molecule has 0 unspecified atom stereocenters. The first-order valence-corrected chi connectivity index (χ1v) is 7.46. The molecule has 2 rings (SSSR count). The molecule has 0 aliphatic rings. The van der Waals surface area contributed by atoms with E-state index < -0.39 is 17.6 Å². The number of nitrogens with one attached hydrogen (secondary N) is 2. The number of rotatable bonds is 5. The summed E-state index contributed by atoms with van der Waals surface area (Å²) in [5.41, 5.74) is -1.16. The number of aromatic nitrogens is 2. The number of benzene rings is 1. The smallest absolute Gasteiger partial charge is 0.357 e. The molecule has 0 atom stereocenters. The van der Waals surface area contributed by atoms with Gasteiger partial charge in [0.15, 0.2) is 11.8 Å². The fourth-order valence-electron chi connectivity index (χ4n) is 2.03. The van der Waals surface area contributed by atoms with Crippen LogP contribution in [0.1, 0.15) is 29.8 Å². The minimum absolute atomic E-state index is 0. The third-order valence-corrected chi connectivity index (χ3v) is 3.11. The third kappa shape index (κ3) is 6.42. The van der Waals surface area contributed by atoms with E-state index in [1.165, 1.54) is 0 Å². The van der Waals surface area contributed by atoms with E-state index in [0.29, 0.717) is 24.3 Å². The summed E-state index contributed by atoms with van der Waals surface area (Å²) in [6.07, 6.45) is -4.65. The Morgan fingerprint density at radius 2 is 2.00 bits per heavy atom. The Hall–Kier alpha value is -1.92. The summed E-state index contributed by atoms with van der Waals surface area (Å²) in [5, 5.41) is 9.49. The molecule has 0 amide bonds. The highest BCUT2D eigenvalue weighted by Crippen LogP contribution is 2.32. The maximum Gasteiger partial charge on any atom is 0.416 e. The lowest BCUT2D eigenvalue weighted by molar-refractivity contribution is -0.138. The second-order valence-corrected chi connectivity index (χ2v) is 5.08. The number of hydrogen-bond acceptors (Lipinski definition) is 4. The minimum Gasteiger partial charge on any atom is -0.357 e. The second-order valence-electron chi connectivity index (χ2n) is 5.08. The average Bonchev–Trinajstić information content (AvgIpc) is 2.95. The lowest BCUT2D eigenvalue weighted by Crippen LogP contribution is -2.37. The van der Waals surface area contributed by atoms with Crippen LogP contribution in [0.25, 0.3) is 0 Å². The zero-order valence-corrected chi connectivity index (χ0v) is 16.4. The molecule has 0 fully saturated rings. The van der Waals surface area contributed by atoms with Crippen LogP contribution in [0.15, 0.2) is 27.7 Å². The van der Waals surface area contributed by atoms with Crippen LogP contribution in [-0.4, -0.2) is 22.6 Å². The molecule has 0 bridgehead atoms. The van der Waals surface area contributed by atoms with E-state index in [1.54, 1.807) is 6.92 Å². The highest BCUT2D eigenvalue weighted by Gasteiger charge is 2.33. The highest BCUT2D eigenvalue weighted by molar-refractivity contribution is 14.0. The number of hydrogen-bond donors (Lipinski definition) is 2. The summed E-state index contributed by atoms with van der Waals surface area (Å²) >= 11 is 0. The van der Waals surface area contributed by atoms with Crippen LogP contribution >= 0.6 is 24.0 Å². The van der Waals surface area contributed by atoms with Crippen molar-refractivity contribution in [1.82, 2.24) is 20.8 Å². The molecule has 2 aromatic rings. The topological polar surface area (TPSA) is 75.3 Å². The second kappa shape index (κ2) is 9.69. The van der Waals surface area contributed by atoms with Crippen molar-refractivity contribution < 1.29 is 22.1 Å². The zero-order valence-electron chi connectivity index (χ0n) is 14.0. The molecular formula is C15H18F4IN5O. The number of guanidine groups is 1. The predicted octanol–water partition coefficient (Wildman–Crippen LogP) is 3.41. The first kappa shape index (κ1) is 22.1. The van der Waals surface area contributed by atoms with Gasteiger partial charge in [0.05, 0.1) is 18.7 Å². The third-order valence-electron chi connectivity index (χ3n) is 3.11. The number of halogens is 5. The Balaban J connectivity index is 0.00000338. The summed E-state index contributed by atoms with van der Waals surface area (Å²) in [5.74, 6) is 0.126. The molecule has 11 heteroatoms. The van der Waals surface area contributed by atoms with Gasteiger partial charge in [0.1, 0.15) is 5.82 Å². The van der Waals surface area contributed by atoms with E-state index >= 15 is 0 Å². The standard InChI is InChI=1S/C15H17F4N5O.HI/c1-3-20-14(22-8-13-23-9(2)25-24-13)21-7-10-4-5-11(16)6-12(10)15(17,18)19;/h4-6H,3,7-8H2,1-2H3,(H2,20,21,22);1H. The first-order chi connectivity index (χ1) is 11.8.